The van der Waals surface area contributed by atoms with Crippen molar-refractivity contribution in [1.82, 2.24) is 45.4 Å². The van der Waals surface area contributed by atoms with Crippen LogP contribution in [0.15, 0.2) is 41.9 Å². The van der Waals surface area contributed by atoms with E-state index in [9.17, 15) is 24.3 Å². The van der Waals surface area contributed by atoms with Crippen LogP contribution in [0.5, 0.6) is 0 Å². The molecule has 2 fully saturated rings. The van der Waals surface area contributed by atoms with Crippen LogP contribution in [0.25, 0.3) is 33.4 Å². The summed E-state index contributed by atoms with van der Waals surface area (Å²) in [5.41, 5.74) is 6.38. The number of methoxy groups -OCH3 is 1. The van der Waals surface area contributed by atoms with E-state index < -0.39 is 41.0 Å². The number of thiazole rings is 1. The van der Waals surface area contributed by atoms with Gasteiger partial charge in [-0.05, 0) is 76.4 Å². The average Bonchev–Trinajstić information content (AvgIpc) is 3.85. The molecule has 4 N–H and O–H groups in total. The molecular weight excluding hydrogens is 835 g/mol. The predicted octanol–water partition coefficient (Wildman–Crippen LogP) is 5.14. The Morgan fingerprint density at radius 1 is 1.16 bits per heavy atom. The fraction of sp³-hybridized carbons (Fsp3) is 0.574. The van der Waals surface area contributed by atoms with E-state index in [0.717, 1.165) is 44.7 Å². The minimum atomic E-state index is -2.20. The topological polar surface area (TPSA) is 183 Å². The molecule has 6 heterocycles. The summed E-state index contributed by atoms with van der Waals surface area (Å²) in [7, 11) is 5.19. The van der Waals surface area contributed by atoms with Crippen LogP contribution >= 0.6 is 11.3 Å². The van der Waals surface area contributed by atoms with Gasteiger partial charge < -0.3 is 39.6 Å². The van der Waals surface area contributed by atoms with Crippen LogP contribution in [0.2, 0.25) is 0 Å². The normalized spacial score (nSPS) is 22.1. The number of aromatic nitrogens is 3. The number of hydrogen-bond donors (Lipinski definition) is 4. The summed E-state index contributed by atoms with van der Waals surface area (Å²) in [6.07, 6.45) is 2.32. The molecule has 0 unspecified atom stereocenters. The van der Waals surface area contributed by atoms with Crippen molar-refractivity contribution in [2.24, 2.45) is 17.3 Å². The number of amides is 4. The third-order valence-corrected chi connectivity index (χ3v) is 14.1. The van der Waals surface area contributed by atoms with Crippen LogP contribution in [0.1, 0.15) is 83.7 Å². The lowest BCUT2D eigenvalue weighted by Gasteiger charge is -2.45. The van der Waals surface area contributed by atoms with Gasteiger partial charge >= 0.3 is 12.0 Å². The van der Waals surface area contributed by atoms with E-state index in [4.69, 9.17) is 19.4 Å². The van der Waals surface area contributed by atoms with Gasteiger partial charge in [0.05, 0.1) is 34.8 Å². The third-order valence-electron chi connectivity index (χ3n) is 13.2. The number of cyclic esters (lactones) is 1. The summed E-state index contributed by atoms with van der Waals surface area (Å²) >= 11 is 1.38. The first-order valence-corrected chi connectivity index (χ1v) is 23.3. The number of esters is 1. The smallest absolute Gasteiger partial charge is 0.355 e. The molecule has 4 aromatic rings. The van der Waals surface area contributed by atoms with E-state index >= 15 is 0 Å². The number of hydrogen-bond acceptors (Lipinski definition) is 12. The van der Waals surface area contributed by atoms with E-state index in [1.807, 2.05) is 53.1 Å². The molecular formula is C47H65N9O7S. The summed E-state index contributed by atoms with van der Waals surface area (Å²) < 4.78 is 14.0. The minimum absolute atomic E-state index is 0.00801. The van der Waals surface area contributed by atoms with Gasteiger partial charge in [0.25, 0.3) is 5.91 Å². The lowest BCUT2D eigenvalue weighted by atomic mass is 9.84. The molecule has 3 aromatic heterocycles. The lowest BCUT2D eigenvalue weighted by Crippen LogP contribution is -2.67. The molecule has 4 amide bonds. The van der Waals surface area contributed by atoms with Crippen LogP contribution in [0.3, 0.4) is 0 Å². The summed E-state index contributed by atoms with van der Waals surface area (Å²) in [6, 6.07) is 8.23. The number of benzene rings is 1. The van der Waals surface area contributed by atoms with E-state index in [1.54, 1.807) is 25.3 Å². The van der Waals surface area contributed by atoms with E-state index in [2.05, 4.69) is 58.7 Å². The number of aryl methyl sites for hydroxylation is 1. The SMILES string of the molecule is CCn1c(-c2cccnc2[C@H](C)OC)c2c3cc(ccc31)-c1csc(n1)C[C@H](NC(=O)[C@H](C(C)C)N(C)C(=O)N1CC([C@@H](C)NC)C1)C(=O)N1CCC[C@@](O)(N1)C(=O)OCC(C)(C)C2. The largest absolute Gasteiger partial charge is 0.462 e. The molecule has 0 spiro atoms. The van der Waals surface area contributed by atoms with Crippen molar-refractivity contribution in [3.8, 4) is 22.5 Å². The second-order valence-electron chi connectivity index (χ2n) is 18.8. The molecule has 3 aliphatic heterocycles. The number of fused-ring (bicyclic) bond motifs is 6. The molecule has 17 heteroatoms. The molecule has 7 rings (SSSR count). The maximum absolute atomic E-state index is 14.6. The maximum atomic E-state index is 14.6. The number of hydrazine groups is 1. The zero-order chi connectivity index (χ0) is 46.2. The summed E-state index contributed by atoms with van der Waals surface area (Å²) in [4.78, 5) is 69.7. The zero-order valence-electron chi connectivity index (χ0n) is 38.9. The Bertz CT molecular complexity index is 2370. The van der Waals surface area contributed by atoms with Crippen molar-refractivity contribution in [3.05, 3.63) is 58.2 Å². The second kappa shape index (κ2) is 18.9. The molecule has 5 atom stereocenters. The standard InChI is InChI=1S/C47H65N9O7S/c1-11-55-37-16-15-30-20-33(37)34(41(55)32-14-12-18-49-39(32)29(5)62-10)22-46(6,7)26-63-44(59)47(61)17-13-19-56(52-47)43(58)35(21-38-50-36(30)25-64-38)51-42(57)40(27(2)3)53(9)45(60)54-23-31(24-54)28(4)48-8/h12,14-16,18,20,25,27-29,31,35,40,48,52,61H,11,13,17,19,21-24,26H2,1-10H3,(H,51,57)/t28-,29+,35+,40+,47+/m1/s1. The van der Waals surface area contributed by atoms with Crippen LogP contribution in [0, 0.1) is 17.3 Å². The van der Waals surface area contributed by atoms with Crippen molar-refractivity contribution in [3.63, 3.8) is 0 Å². The molecule has 0 radical (unpaired) electrons. The Balaban J connectivity index is 1.28. The second-order valence-corrected chi connectivity index (χ2v) is 19.8. The van der Waals surface area contributed by atoms with Crippen molar-refractivity contribution in [2.75, 3.05) is 47.4 Å². The fourth-order valence-electron chi connectivity index (χ4n) is 9.35. The number of urea groups is 1. The number of aliphatic hydroxyl groups is 1. The molecule has 0 aliphatic carbocycles. The number of likely N-dealkylation sites (N-methyl/N-ethyl adjacent to an activating group) is 1. The first-order valence-electron chi connectivity index (χ1n) is 22.5. The van der Waals surface area contributed by atoms with Crippen LogP contribution in [-0.4, -0.2) is 130 Å². The van der Waals surface area contributed by atoms with Gasteiger partial charge in [0, 0.05) is 104 Å². The number of nitrogens with zero attached hydrogens (tertiary/aromatic N) is 6. The Hall–Kier alpha value is -4.94. The predicted molar refractivity (Wildman–Crippen MR) is 246 cm³/mol. The lowest BCUT2D eigenvalue weighted by molar-refractivity contribution is -0.189. The fourth-order valence-corrected chi connectivity index (χ4v) is 10.2. The number of likely N-dealkylation sites (tertiary alicyclic amines) is 1. The van der Waals surface area contributed by atoms with E-state index in [0.29, 0.717) is 43.4 Å². The van der Waals surface area contributed by atoms with Gasteiger partial charge in [-0.25, -0.2) is 14.6 Å². The summed E-state index contributed by atoms with van der Waals surface area (Å²) in [5.74, 6) is -1.94. The average molecular weight is 900 g/mol. The highest BCUT2D eigenvalue weighted by Gasteiger charge is 2.46. The molecule has 0 saturated carbocycles. The molecule has 2 saturated heterocycles. The van der Waals surface area contributed by atoms with Gasteiger partial charge in [-0.3, -0.25) is 19.6 Å². The Kier molecular flexibility index (Phi) is 13.9. The van der Waals surface area contributed by atoms with Crippen molar-refractivity contribution in [1.29, 1.82) is 0 Å². The highest BCUT2D eigenvalue weighted by Crippen LogP contribution is 2.42. The summed E-state index contributed by atoms with van der Waals surface area (Å²) in [6.45, 7) is 15.9. The highest BCUT2D eigenvalue weighted by atomic mass is 32.1. The van der Waals surface area contributed by atoms with Crippen LogP contribution in [0.4, 0.5) is 4.79 Å². The Labute approximate surface area is 380 Å². The molecule has 6 bridgehead atoms. The minimum Gasteiger partial charge on any atom is -0.462 e. The number of pyridine rings is 1. The Morgan fingerprint density at radius 2 is 1.91 bits per heavy atom. The maximum Gasteiger partial charge on any atom is 0.355 e. The van der Waals surface area contributed by atoms with E-state index in [1.165, 1.54) is 21.2 Å². The monoisotopic (exact) mass is 899 g/mol. The number of nitrogens with one attached hydrogen (secondary N) is 3. The Morgan fingerprint density at radius 3 is 2.59 bits per heavy atom. The van der Waals surface area contributed by atoms with Gasteiger partial charge in [0.15, 0.2) is 0 Å². The quantitative estimate of drug-likeness (QED) is 0.155. The molecule has 1 aromatic carbocycles. The van der Waals surface area contributed by atoms with Crippen molar-refractivity contribution >= 4 is 46.1 Å². The van der Waals surface area contributed by atoms with Crippen molar-refractivity contribution < 1.29 is 33.8 Å². The van der Waals surface area contributed by atoms with Gasteiger partial charge in [-0.15, -0.1) is 11.3 Å². The first-order chi connectivity index (χ1) is 30.4. The third kappa shape index (κ3) is 9.27. The zero-order valence-corrected chi connectivity index (χ0v) is 39.7. The molecule has 16 nitrogen and oxygen atoms in total. The number of carbonyl (C=O) groups excluding carboxylic acids is 4. The van der Waals surface area contributed by atoms with Crippen molar-refractivity contribution in [2.45, 2.75) is 111 Å². The number of ether oxygens (including phenoxy) is 2. The molecule has 3 aliphatic rings. The van der Waals surface area contributed by atoms with Crippen LogP contribution < -0.4 is 16.1 Å². The van der Waals surface area contributed by atoms with E-state index in [-0.39, 0.29) is 50.1 Å². The van der Waals surface area contributed by atoms with Gasteiger partial charge in [-0.2, -0.15) is 5.43 Å². The summed E-state index contributed by atoms with van der Waals surface area (Å²) in [5, 5.41) is 22.8. The number of carbonyl (C=O) groups is 4. The van der Waals surface area contributed by atoms with Crippen LogP contribution in [-0.2, 0) is 43.2 Å². The number of rotatable bonds is 10. The van der Waals surface area contributed by atoms with Gasteiger partial charge in [-0.1, -0.05) is 33.8 Å². The van der Waals surface area contributed by atoms with Gasteiger partial charge in [0.2, 0.25) is 11.6 Å². The molecule has 346 valence electrons. The molecule has 64 heavy (non-hydrogen) atoms. The highest BCUT2D eigenvalue weighted by molar-refractivity contribution is 7.10. The first kappa shape index (κ1) is 47.0. The van der Waals surface area contributed by atoms with Gasteiger partial charge in [0.1, 0.15) is 12.1 Å².